The van der Waals surface area contributed by atoms with Crippen molar-refractivity contribution in [3.63, 3.8) is 0 Å². The Morgan fingerprint density at radius 1 is 1.38 bits per heavy atom. The van der Waals surface area contributed by atoms with E-state index in [-0.39, 0.29) is 6.54 Å². The molecule has 0 saturated heterocycles. The minimum absolute atomic E-state index is 0.282. The van der Waals surface area contributed by atoms with Crippen molar-refractivity contribution in [1.82, 2.24) is 20.8 Å². The highest BCUT2D eigenvalue weighted by Gasteiger charge is 2.30. The van der Waals surface area contributed by atoms with Crippen LogP contribution < -0.4 is 10.6 Å². The summed E-state index contributed by atoms with van der Waals surface area (Å²) in [4.78, 5) is 11.3. The van der Waals surface area contributed by atoms with E-state index in [9.17, 15) is 13.6 Å². The first-order chi connectivity index (χ1) is 9.59. The molecule has 3 N–H and O–H groups in total. The number of nitrogens with one attached hydrogen (secondary N) is 3. The number of aromatic nitrogens is 2. The molecule has 21 heavy (non-hydrogen) atoms. The molecule has 0 unspecified atom stereocenters. The lowest BCUT2D eigenvalue weighted by Gasteiger charge is -2.22. The van der Waals surface area contributed by atoms with Gasteiger partial charge in [0.2, 0.25) is 0 Å². The number of carbonyl (C=O) groups excluding carboxylic acids is 1. The summed E-state index contributed by atoms with van der Waals surface area (Å²) in [7, 11) is 0. The topological polar surface area (TPSA) is 79.0 Å². The Morgan fingerprint density at radius 3 is 2.57 bits per heavy atom. The maximum Gasteiger partial charge on any atom is 0.407 e. The number of hydrogen-bond donors (Lipinski definition) is 3. The molecule has 0 aromatic carbocycles. The van der Waals surface area contributed by atoms with Gasteiger partial charge in [0.05, 0.1) is 19.3 Å². The van der Waals surface area contributed by atoms with E-state index in [1.807, 2.05) is 6.92 Å². The van der Waals surface area contributed by atoms with Gasteiger partial charge in [-0.3, -0.25) is 5.10 Å². The average Bonchev–Trinajstić information content (AvgIpc) is 2.71. The van der Waals surface area contributed by atoms with Crippen molar-refractivity contribution >= 4 is 6.09 Å². The Morgan fingerprint density at radius 2 is 2.05 bits per heavy atom. The zero-order chi connectivity index (χ0) is 16.1. The van der Waals surface area contributed by atoms with Crippen LogP contribution in [0.5, 0.6) is 0 Å². The van der Waals surface area contributed by atoms with Gasteiger partial charge < -0.3 is 15.4 Å². The third-order valence-corrected chi connectivity index (χ3v) is 2.52. The van der Waals surface area contributed by atoms with Crippen LogP contribution in [0.15, 0.2) is 6.20 Å². The van der Waals surface area contributed by atoms with Gasteiger partial charge in [-0.2, -0.15) is 5.10 Å². The molecular formula is C13H22F2N4O2. The molecule has 0 atom stereocenters. The molecule has 8 heteroatoms. The van der Waals surface area contributed by atoms with Crippen molar-refractivity contribution in [3.8, 4) is 0 Å². The average molecular weight is 304 g/mol. The summed E-state index contributed by atoms with van der Waals surface area (Å²) in [5.74, 6) is -3.06. The van der Waals surface area contributed by atoms with Crippen LogP contribution in [0.2, 0.25) is 0 Å². The van der Waals surface area contributed by atoms with Crippen molar-refractivity contribution in [2.45, 2.75) is 45.8 Å². The van der Waals surface area contributed by atoms with Crippen LogP contribution in [-0.4, -0.2) is 40.9 Å². The van der Waals surface area contributed by atoms with E-state index in [1.165, 1.54) is 0 Å². The first kappa shape index (κ1) is 17.4. The SMILES string of the molecule is Cc1[nH]ncc1CNCC(F)(F)CNC(=O)OC(C)(C)C. The van der Waals surface area contributed by atoms with E-state index in [2.05, 4.69) is 20.8 Å². The number of hydrogen-bond acceptors (Lipinski definition) is 4. The fourth-order valence-electron chi connectivity index (χ4n) is 1.51. The van der Waals surface area contributed by atoms with Gasteiger partial charge in [-0.1, -0.05) is 0 Å². The fourth-order valence-corrected chi connectivity index (χ4v) is 1.51. The van der Waals surface area contributed by atoms with Gasteiger partial charge in [0.1, 0.15) is 5.60 Å². The van der Waals surface area contributed by atoms with Gasteiger partial charge >= 0.3 is 6.09 Å². The molecule has 0 aliphatic rings. The van der Waals surface area contributed by atoms with Gasteiger partial charge in [-0.05, 0) is 27.7 Å². The highest BCUT2D eigenvalue weighted by atomic mass is 19.3. The summed E-state index contributed by atoms with van der Waals surface area (Å²) in [5, 5.41) is 11.2. The van der Waals surface area contributed by atoms with E-state index in [0.717, 1.165) is 11.3 Å². The minimum Gasteiger partial charge on any atom is -0.444 e. The van der Waals surface area contributed by atoms with E-state index >= 15 is 0 Å². The Bertz CT molecular complexity index is 469. The Kier molecular flexibility index (Phi) is 5.65. The van der Waals surface area contributed by atoms with Crippen LogP contribution in [0.3, 0.4) is 0 Å². The summed E-state index contributed by atoms with van der Waals surface area (Å²) >= 11 is 0. The number of halogens is 2. The number of ether oxygens (including phenoxy) is 1. The molecular weight excluding hydrogens is 282 g/mol. The number of aromatic amines is 1. The van der Waals surface area contributed by atoms with Crippen molar-refractivity contribution < 1.29 is 18.3 Å². The number of H-pyrrole nitrogens is 1. The molecule has 1 amide bonds. The molecule has 0 fully saturated rings. The van der Waals surface area contributed by atoms with E-state index < -0.39 is 30.7 Å². The minimum atomic E-state index is -3.06. The smallest absolute Gasteiger partial charge is 0.407 e. The molecule has 0 spiro atoms. The van der Waals surface area contributed by atoms with Crippen LogP contribution in [0.1, 0.15) is 32.0 Å². The molecule has 1 rings (SSSR count). The lowest BCUT2D eigenvalue weighted by atomic mass is 10.2. The number of alkyl halides is 2. The van der Waals surface area contributed by atoms with Gasteiger partial charge in [0, 0.05) is 17.8 Å². The molecule has 0 aliphatic carbocycles. The summed E-state index contributed by atoms with van der Waals surface area (Å²) < 4.78 is 32.1. The number of carbonyl (C=O) groups is 1. The second-order valence-electron chi connectivity index (χ2n) is 5.84. The maximum atomic E-state index is 13.6. The van der Waals surface area contributed by atoms with Gasteiger partial charge in [-0.15, -0.1) is 0 Å². The number of amides is 1. The molecule has 1 heterocycles. The predicted octanol–water partition coefficient (Wildman–Crippen LogP) is 1.97. The normalized spacial score (nSPS) is 12.3. The molecule has 1 aromatic rings. The molecule has 6 nitrogen and oxygen atoms in total. The van der Waals surface area contributed by atoms with Crippen molar-refractivity contribution in [3.05, 3.63) is 17.5 Å². The summed E-state index contributed by atoms with van der Waals surface area (Å²) in [6.45, 7) is 5.77. The van der Waals surface area contributed by atoms with Gasteiger partial charge in [0.15, 0.2) is 0 Å². The maximum absolute atomic E-state index is 13.6. The quantitative estimate of drug-likeness (QED) is 0.751. The number of rotatable bonds is 6. The highest BCUT2D eigenvalue weighted by molar-refractivity contribution is 5.67. The first-order valence-electron chi connectivity index (χ1n) is 6.63. The second-order valence-corrected chi connectivity index (χ2v) is 5.84. The van der Waals surface area contributed by atoms with Gasteiger partial charge in [0.25, 0.3) is 5.92 Å². The molecule has 0 bridgehead atoms. The molecule has 1 aromatic heterocycles. The van der Waals surface area contributed by atoms with Crippen molar-refractivity contribution in [1.29, 1.82) is 0 Å². The van der Waals surface area contributed by atoms with Crippen molar-refractivity contribution in [2.75, 3.05) is 13.1 Å². The third kappa shape index (κ3) is 7.03. The fraction of sp³-hybridized carbons (Fsp3) is 0.692. The second kappa shape index (κ2) is 6.84. The van der Waals surface area contributed by atoms with Crippen LogP contribution in [0, 0.1) is 6.92 Å². The zero-order valence-corrected chi connectivity index (χ0v) is 12.7. The predicted molar refractivity (Wildman–Crippen MR) is 74.2 cm³/mol. The van der Waals surface area contributed by atoms with Crippen LogP contribution in [-0.2, 0) is 11.3 Å². The highest BCUT2D eigenvalue weighted by Crippen LogP contribution is 2.12. The molecule has 0 radical (unpaired) electrons. The van der Waals surface area contributed by atoms with E-state index in [4.69, 9.17) is 4.74 Å². The standard InChI is InChI=1S/C13H22F2N4O2/c1-9-10(6-18-19-9)5-16-7-13(14,15)8-17-11(20)21-12(2,3)4/h6,16H,5,7-8H2,1-4H3,(H,17,20)(H,18,19). The molecule has 0 aliphatic heterocycles. The Hall–Kier alpha value is -1.70. The van der Waals surface area contributed by atoms with Gasteiger partial charge in [-0.25, -0.2) is 13.6 Å². The zero-order valence-electron chi connectivity index (χ0n) is 12.7. The van der Waals surface area contributed by atoms with E-state index in [1.54, 1.807) is 27.0 Å². The number of nitrogens with zero attached hydrogens (tertiary/aromatic N) is 1. The number of aryl methyl sites for hydroxylation is 1. The Labute approximate surface area is 122 Å². The lowest BCUT2D eigenvalue weighted by molar-refractivity contribution is -0.00377. The third-order valence-electron chi connectivity index (χ3n) is 2.52. The van der Waals surface area contributed by atoms with Crippen LogP contribution >= 0.6 is 0 Å². The largest absolute Gasteiger partial charge is 0.444 e. The lowest BCUT2D eigenvalue weighted by Crippen LogP contribution is -2.44. The van der Waals surface area contributed by atoms with Crippen molar-refractivity contribution in [2.24, 2.45) is 0 Å². The summed E-state index contributed by atoms with van der Waals surface area (Å²) in [6.07, 6.45) is 0.729. The van der Waals surface area contributed by atoms with Crippen LogP contribution in [0.25, 0.3) is 0 Å². The molecule has 120 valence electrons. The summed E-state index contributed by atoms with van der Waals surface area (Å²) in [6, 6.07) is 0. The monoisotopic (exact) mass is 304 g/mol. The van der Waals surface area contributed by atoms with Crippen LogP contribution in [0.4, 0.5) is 13.6 Å². The number of alkyl carbamates (subject to hydrolysis) is 1. The van der Waals surface area contributed by atoms with E-state index in [0.29, 0.717) is 0 Å². The first-order valence-corrected chi connectivity index (χ1v) is 6.63. The summed E-state index contributed by atoms with van der Waals surface area (Å²) in [5.41, 5.74) is 0.944. The Balaban J connectivity index is 2.30. The molecule has 0 saturated carbocycles.